The van der Waals surface area contributed by atoms with E-state index in [2.05, 4.69) is 21.2 Å². The summed E-state index contributed by atoms with van der Waals surface area (Å²) in [5, 5.41) is 6.92. The second kappa shape index (κ2) is 8.84. The Balaban J connectivity index is 1.39. The van der Waals surface area contributed by atoms with Crippen LogP contribution in [-0.4, -0.2) is 61.5 Å². The number of amides is 2. The molecule has 3 aliphatic rings. The van der Waals surface area contributed by atoms with E-state index in [-0.39, 0.29) is 12.2 Å². The van der Waals surface area contributed by atoms with Gasteiger partial charge in [-0.25, -0.2) is 18.2 Å². The quantitative estimate of drug-likeness (QED) is 0.648. The monoisotopic (exact) mass is 490 g/mol. The van der Waals surface area contributed by atoms with Crippen molar-refractivity contribution in [2.75, 3.05) is 29.8 Å². The summed E-state index contributed by atoms with van der Waals surface area (Å²) >= 11 is 0. The van der Waals surface area contributed by atoms with Gasteiger partial charge in [-0.2, -0.15) is 13.5 Å². The maximum atomic E-state index is 14.5. The predicted molar refractivity (Wildman–Crippen MR) is 128 cm³/mol. The number of carbonyl (C=O) groups is 1. The molecule has 1 aromatic heterocycles. The van der Waals surface area contributed by atoms with Gasteiger partial charge in [-0.3, -0.25) is 9.58 Å². The smallest absolute Gasteiger partial charge is 0.307 e. The second-order valence-electron chi connectivity index (χ2n) is 9.55. The van der Waals surface area contributed by atoms with Gasteiger partial charge in [0.2, 0.25) is 0 Å². The minimum absolute atomic E-state index is 0.123. The number of urea groups is 1. The van der Waals surface area contributed by atoms with Crippen molar-refractivity contribution in [2.24, 2.45) is 7.05 Å². The Kier molecular flexibility index (Phi) is 6.01. The van der Waals surface area contributed by atoms with Crippen LogP contribution in [0.3, 0.4) is 0 Å². The molecule has 2 N–H and O–H groups in total. The molecule has 11 heteroatoms. The zero-order valence-electron chi connectivity index (χ0n) is 19.6. The van der Waals surface area contributed by atoms with Crippen LogP contribution in [0.1, 0.15) is 41.5 Å². The summed E-state index contributed by atoms with van der Waals surface area (Å²) in [7, 11) is -0.875. The van der Waals surface area contributed by atoms with Gasteiger partial charge >= 0.3 is 16.2 Å². The van der Waals surface area contributed by atoms with Crippen molar-refractivity contribution < 1.29 is 17.6 Å². The standard InChI is InChI=1S/C23H31FN6O3S/c1-28-10-9-20(24)21(28)14-30(17-12-25-29(2)13-17)34(32,33)27-23(31)26-22-18-7-3-5-15(18)11-16-6-4-8-19(16)22/h11-13,20-21H,3-10,14H2,1-2H3,(H2,26,27,31). The molecule has 0 radical (unpaired) electrons. The van der Waals surface area contributed by atoms with Crippen molar-refractivity contribution >= 4 is 27.6 Å². The number of halogens is 1. The van der Waals surface area contributed by atoms with E-state index >= 15 is 0 Å². The molecule has 0 spiro atoms. The van der Waals surface area contributed by atoms with Gasteiger partial charge in [0.05, 0.1) is 24.5 Å². The number of rotatable bonds is 6. The summed E-state index contributed by atoms with van der Waals surface area (Å²) in [4.78, 5) is 14.8. The normalized spacial score (nSPS) is 22.0. The van der Waals surface area contributed by atoms with E-state index in [1.807, 2.05) is 0 Å². The summed E-state index contributed by atoms with van der Waals surface area (Å²) in [6.07, 6.45) is 7.89. The van der Waals surface area contributed by atoms with E-state index in [4.69, 9.17) is 0 Å². The number of benzene rings is 1. The van der Waals surface area contributed by atoms with Crippen LogP contribution >= 0.6 is 0 Å². The van der Waals surface area contributed by atoms with Crippen molar-refractivity contribution in [3.63, 3.8) is 0 Å². The number of nitrogens with one attached hydrogen (secondary N) is 2. The number of likely N-dealkylation sites (tertiary alicyclic amines) is 1. The lowest BCUT2D eigenvalue weighted by Gasteiger charge is -2.29. The molecule has 0 bridgehead atoms. The Morgan fingerprint density at radius 2 is 1.85 bits per heavy atom. The predicted octanol–water partition coefficient (Wildman–Crippen LogP) is 2.31. The number of alkyl halides is 1. The molecule has 2 amide bonds. The van der Waals surface area contributed by atoms with E-state index in [1.165, 1.54) is 28.2 Å². The first-order valence-electron chi connectivity index (χ1n) is 11.8. The zero-order chi connectivity index (χ0) is 24.0. The Hall–Kier alpha value is -2.66. The lowest BCUT2D eigenvalue weighted by molar-refractivity contribution is 0.228. The number of aromatic nitrogens is 2. The number of fused-ring (bicyclic) bond motifs is 2. The molecular weight excluding hydrogens is 459 g/mol. The third-order valence-electron chi connectivity index (χ3n) is 7.30. The summed E-state index contributed by atoms with van der Waals surface area (Å²) in [6.45, 7) is 0.424. The molecule has 1 saturated heterocycles. The number of hydrogen-bond donors (Lipinski definition) is 2. The van der Waals surface area contributed by atoms with Gasteiger partial charge in [0.1, 0.15) is 6.17 Å². The molecule has 2 heterocycles. The topological polar surface area (TPSA) is 99.6 Å². The molecule has 2 aromatic rings. The van der Waals surface area contributed by atoms with E-state index in [0.717, 1.165) is 59.6 Å². The number of carbonyl (C=O) groups excluding carboxylic acids is 1. The zero-order valence-corrected chi connectivity index (χ0v) is 20.4. The van der Waals surface area contributed by atoms with Crippen molar-refractivity contribution in [3.8, 4) is 0 Å². The first-order chi connectivity index (χ1) is 16.2. The summed E-state index contributed by atoms with van der Waals surface area (Å²) in [6, 6.07) is 0.834. The Morgan fingerprint density at radius 3 is 2.41 bits per heavy atom. The molecule has 1 aliphatic heterocycles. The summed E-state index contributed by atoms with van der Waals surface area (Å²) in [5.41, 5.74) is 5.76. The molecular formula is C23H31FN6O3S. The molecule has 34 heavy (non-hydrogen) atoms. The van der Waals surface area contributed by atoms with E-state index in [1.54, 1.807) is 19.0 Å². The lowest BCUT2D eigenvalue weighted by atomic mass is 9.99. The first kappa shape index (κ1) is 23.1. The molecule has 2 aliphatic carbocycles. The molecule has 5 rings (SSSR count). The highest BCUT2D eigenvalue weighted by atomic mass is 32.2. The van der Waals surface area contributed by atoms with Crippen LogP contribution in [0.2, 0.25) is 0 Å². The van der Waals surface area contributed by atoms with Crippen LogP contribution in [0.5, 0.6) is 0 Å². The van der Waals surface area contributed by atoms with Crippen LogP contribution in [0.15, 0.2) is 18.5 Å². The average Bonchev–Trinajstić information content (AvgIpc) is 3.55. The largest absolute Gasteiger partial charge is 0.334 e. The van der Waals surface area contributed by atoms with Crippen molar-refractivity contribution in [1.82, 2.24) is 19.4 Å². The van der Waals surface area contributed by atoms with Crippen LogP contribution in [-0.2, 0) is 42.9 Å². The minimum Gasteiger partial charge on any atom is -0.307 e. The van der Waals surface area contributed by atoms with Crippen LogP contribution < -0.4 is 14.3 Å². The fraction of sp³-hybridized carbons (Fsp3) is 0.565. The Bertz CT molecular complexity index is 1170. The van der Waals surface area contributed by atoms with Gasteiger partial charge in [-0.1, -0.05) is 6.07 Å². The molecule has 1 aromatic carbocycles. The van der Waals surface area contributed by atoms with Gasteiger partial charge in [-0.15, -0.1) is 0 Å². The highest BCUT2D eigenvalue weighted by Gasteiger charge is 2.37. The number of hydrogen-bond acceptors (Lipinski definition) is 5. The third-order valence-corrected chi connectivity index (χ3v) is 8.68. The van der Waals surface area contributed by atoms with Crippen molar-refractivity contribution in [2.45, 2.75) is 57.2 Å². The molecule has 9 nitrogen and oxygen atoms in total. The SMILES string of the molecule is CN1CCC(F)C1CN(c1cnn(C)c1)S(=O)(=O)NC(=O)Nc1c2c(cc3c1CCC3)CCC2. The highest BCUT2D eigenvalue weighted by Crippen LogP contribution is 2.38. The fourth-order valence-electron chi connectivity index (χ4n) is 5.54. The van der Waals surface area contributed by atoms with Gasteiger partial charge < -0.3 is 5.32 Å². The first-order valence-corrected chi connectivity index (χ1v) is 13.3. The van der Waals surface area contributed by atoms with E-state index < -0.39 is 28.5 Å². The van der Waals surface area contributed by atoms with E-state index in [9.17, 15) is 17.6 Å². The lowest BCUT2D eigenvalue weighted by Crippen LogP contribution is -2.51. The number of anilines is 2. The maximum absolute atomic E-state index is 14.5. The maximum Gasteiger partial charge on any atom is 0.334 e. The Morgan fingerprint density at radius 1 is 1.18 bits per heavy atom. The number of likely N-dealkylation sites (N-methyl/N-ethyl adjacent to an activating group) is 1. The third kappa shape index (κ3) is 4.26. The van der Waals surface area contributed by atoms with E-state index in [0.29, 0.717) is 13.0 Å². The van der Waals surface area contributed by atoms with Gasteiger partial charge in [0.15, 0.2) is 0 Å². The molecule has 2 atom stereocenters. The van der Waals surface area contributed by atoms with Crippen LogP contribution in [0.25, 0.3) is 0 Å². The average molecular weight is 491 g/mol. The Labute approximate surface area is 199 Å². The highest BCUT2D eigenvalue weighted by molar-refractivity contribution is 7.91. The molecule has 1 fully saturated rings. The van der Waals surface area contributed by atoms with Crippen LogP contribution in [0.4, 0.5) is 20.6 Å². The van der Waals surface area contributed by atoms with Crippen molar-refractivity contribution in [1.29, 1.82) is 0 Å². The van der Waals surface area contributed by atoms with Gasteiger partial charge in [0, 0.05) is 25.5 Å². The van der Waals surface area contributed by atoms with Gasteiger partial charge in [0.25, 0.3) is 0 Å². The minimum atomic E-state index is -4.32. The molecule has 2 unspecified atom stereocenters. The number of nitrogens with zero attached hydrogens (tertiary/aromatic N) is 4. The fourth-order valence-corrected chi connectivity index (χ4v) is 6.66. The summed E-state index contributed by atoms with van der Waals surface area (Å²) in [5.74, 6) is 0. The van der Waals surface area contributed by atoms with Gasteiger partial charge in [-0.05, 0) is 74.2 Å². The number of aryl methyl sites for hydroxylation is 3. The summed E-state index contributed by atoms with van der Waals surface area (Å²) < 4.78 is 46.0. The molecule has 184 valence electrons. The van der Waals surface area contributed by atoms with Crippen molar-refractivity contribution in [3.05, 3.63) is 40.7 Å². The second-order valence-corrected chi connectivity index (χ2v) is 11.1. The van der Waals surface area contributed by atoms with Crippen LogP contribution in [0, 0.1) is 0 Å². The molecule has 0 saturated carbocycles.